The number of carbonyl (C=O) groups excluding carboxylic acids is 1. The molecule has 0 radical (unpaired) electrons. The van der Waals surface area contributed by atoms with Gasteiger partial charge in [-0.1, -0.05) is 0 Å². The van der Waals surface area contributed by atoms with Gasteiger partial charge in [0.2, 0.25) is 0 Å². The van der Waals surface area contributed by atoms with Crippen molar-refractivity contribution in [3.63, 3.8) is 0 Å². The number of aromatic nitrogens is 1. The van der Waals surface area contributed by atoms with E-state index in [4.69, 9.17) is 5.11 Å². The molecular formula is C10H11BrN2O3. The highest BCUT2D eigenvalue weighted by atomic mass is 79.9. The van der Waals surface area contributed by atoms with Crippen molar-refractivity contribution in [2.75, 3.05) is 0 Å². The van der Waals surface area contributed by atoms with Gasteiger partial charge in [-0.05, 0) is 35.0 Å². The summed E-state index contributed by atoms with van der Waals surface area (Å²) in [4.78, 5) is 25.9. The van der Waals surface area contributed by atoms with Crippen LogP contribution in [0.5, 0.6) is 0 Å². The second-order valence-corrected chi connectivity index (χ2v) is 4.15. The van der Waals surface area contributed by atoms with Crippen LogP contribution in [0.25, 0.3) is 0 Å². The number of carbonyl (C=O) groups is 2. The van der Waals surface area contributed by atoms with Crippen molar-refractivity contribution >= 4 is 27.8 Å². The van der Waals surface area contributed by atoms with E-state index in [1.165, 1.54) is 6.20 Å². The minimum absolute atomic E-state index is 0.0992. The summed E-state index contributed by atoms with van der Waals surface area (Å²) in [5, 5.41) is 11.1. The highest BCUT2D eigenvalue weighted by molar-refractivity contribution is 9.10. The van der Waals surface area contributed by atoms with Crippen molar-refractivity contribution in [2.45, 2.75) is 19.4 Å². The highest BCUT2D eigenvalue weighted by Gasteiger charge is 2.12. The maximum atomic E-state index is 11.6. The largest absolute Gasteiger partial charge is 0.481 e. The molecule has 1 amide bonds. The lowest BCUT2D eigenvalue weighted by atomic mass is 10.2. The van der Waals surface area contributed by atoms with Crippen LogP contribution in [0, 0.1) is 0 Å². The van der Waals surface area contributed by atoms with Gasteiger partial charge in [0.05, 0.1) is 6.42 Å². The minimum atomic E-state index is -0.941. The van der Waals surface area contributed by atoms with Gasteiger partial charge in [0.25, 0.3) is 5.91 Å². The maximum absolute atomic E-state index is 11.6. The first-order chi connectivity index (χ1) is 7.49. The van der Waals surface area contributed by atoms with Crippen LogP contribution < -0.4 is 5.32 Å². The molecule has 0 saturated carbocycles. The molecule has 1 rings (SSSR count). The molecule has 0 aliphatic heterocycles. The van der Waals surface area contributed by atoms with Crippen LogP contribution in [0.15, 0.2) is 22.9 Å². The number of carboxylic acids is 1. The zero-order valence-electron chi connectivity index (χ0n) is 8.61. The SMILES string of the molecule is CC(CC(=O)O)NC(=O)c1ccnc(Br)c1. The molecule has 0 spiro atoms. The zero-order chi connectivity index (χ0) is 12.1. The molecule has 86 valence electrons. The molecule has 0 aliphatic carbocycles. The molecule has 0 saturated heterocycles. The van der Waals surface area contributed by atoms with Crippen molar-refractivity contribution < 1.29 is 14.7 Å². The van der Waals surface area contributed by atoms with Crippen LogP contribution in [0.4, 0.5) is 0 Å². The number of carboxylic acid groups (broad SMARTS) is 1. The van der Waals surface area contributed by atoms with Crippen molar-refractivity contribution in [1.29, 1.82) is 0 Å². The second-order valence-electron chi connectivity index (χ2n) is 3.34. The van der Waals surface area contributed by atoms with E-state index in [2.05, 4.69) is 26.2 Å². The first-order valence-electron chi connectivity index (χ1n) is 4.63. The molecule has 1 atom stereocenters. The number of rotatable bonds is 4. The van der Waals surface area contributed by atoms with Gasteiger partial charge in [0.1, 0.15) is 4.60 Å². The van der Waals surface area contributed by atoms with Crippen molar-refractivity contribution in [1.82, 2.24) is 10.3 Å². The third-order valence-corrected chi connectivity index (χ3v) is 2.28. The highest BCUT2D eigenvalue weighted by Crippen LogP contribution is 2.08. The lowest BCUT2D eigenvalue weighted by Gasteiger charge is -2.11. The number of aliphatic carboxylic acids is 1. The Kier molecular flexibility index (Phi) is 4.42. The second kappa shape index (κ2) is 5.60. The molecule has 0 bridgehead atoms. The summed E-state index contributed by atoms with van der Waals surface area (Å²) >= 11 is 3.15. The maximum Gasteiger partial charge on any atom is 0.305 e. The molecule has 1 aromatic heterocycles. The van der Waals surface area contributed by atoms with Gasteiger partial charge in [-0.15, -0.1) is 0 Å². The molecule has 0 fully saturated rings. The Morgan fingerprint density at radius 1 is 1.62 bits per heavy atom. The fraction of sp³-hybridized carbons (Fsp3) is 0.300. The number of pyridine rings is 1. The number of hydrogen-bond donors (Lipinski definition) is 2. The molecule has 1 heterocycles. The summed E-state index contributed by atoms with van der Waals surface area (Å²) in [7, 11) is 0. The number of nitrogens with zero attached hydrogens (tertiary/aromatic N) is 1. The van der Waals surface area contributed by atoms with E-state index in [1.54, 1.807) is 19.1 Å². The summed E-state index contributed by atoms with van der Waals surface area (Å²) in [5.41, 5.74) is 0.444. The van der Waals surface area contributed by atoms with Gasteiger partial charge in [0.15, 0.2) is 0 Å². The molecular weight excluding hydrogens is 276 g/mol. The molecule has 2 N–H and O–H groups in total. The van der Waals surface area contributed by atoms with Gasteiger partial charge in [-0.3, -0.25) is 9.59 Å². The summed E-state index contributed by atoms with van der Waals surface area (Å²) in [6, 6.07) is 2.73. The van der Waals surface area contributed by atoms with E-state index in [9.17, 15) is 9.59 Å². The van der Waals surface area contributed by atoms with E-state index < -0.39 is 12.0 Å². The molecule has 1 aromatic rings. The minimum Gasteiger partial charge on any atom is -0.481 e. The van der Waals surface area contributed by atoms with Crippen LogP contribution in [0.1, 0.15) is 23.7 Å². The van der Waals surface area contributed by atoms with E-state index >= 15 is 0 Å². The molecule has 0 aromatic carbocycles. The molecule has 0 aliphatic rings. The number of hydrogen-bond acceptors (Lipinski definition) is 3. The lowest BCUT2D eigenvalue weighted by Crippen LogP contribution is -2.34. The van der Waals surface area contributed by atoms with Gasteiger partial charge < -0.3 is 10.4 Å². The number of halogens is 1. The predicted octanol–water partition coefficient (Wildman–Crippen LogP) is 1.44. The Bertz CT molecular complexity index is 409. The average molecular weight is 287 g/mol. The monoisotopic (exact) mass is 286 g/mol. The topological polar surface area (TPSA) is 79.3 Å². The van der Waals surface area contributed by atoms with Gasteiger partial charge in [-0.2, -0.15) is 0 Å². The van der Waals surface area contributed by atoms with Gasteiger partial charge in [-0.25, -0.2) is 4.98 Å². The lowest BCUT2D eigenvalue weighted by molar-refractivity contribution is -0.137. The fourth-order valence-corrected chi connectivity index (χ4v) is 1.53. The normalized spacial score (nSPS) is 11.9. The number of amides is 1. The Labute approximate surface area is 101 Å². The molecule has 16 heavy (non-hydrogen) atoms. The van der Waals surface area contributed by atoms with Crippen LogP contribution in [-0.2, 0) is 4.79 Å². The first-order valence-corrected chi connectivity index (χ1v) is 5.42. The van der Waals surface area contributed by atoms with E-state index in [0.29, 0.717) is 10.2 Å². The average Bonchev–Trinajstić information content (AvgIpc) is 2.16. The Morgan fingerprint density at radius 3 is 2.88 bits per heavy atom. The Hall–Kier alpha value is -1.43. The van der Waals surface area contributed by atoms with Crippen LogP contribution in [0.3, 0.4) is 0 Å². The van der Waals surface area contributed by atoms with Gasteiger partial charge in [0, 0.05) is 17.8 Å². The standard InChI is InChI=1S/C10H11BrN2O3/c1-6(4-9(14)15)13-10(16)7-2-3-12-8(11)5-7/h2-3,5-6H,4H2,1H3,(H,13,16)(H,14,15). The van der Waals surface area contributed by atoms with Crippen LogP contribution >= 0.6 is 15.9 Å². The summed E-state index contributed by atoms with van der Waals surface area (Å²) in [6.45, 7) is 1.64. The molecule has 5 nitrogen and oxygen atoms in total. The third kappa shape index (κ3) is 3.98. The fourth-order valence-electron chi connectivity index (χ4n) is 1.16. The van der Waals surface area contributed by atoms with E-state index in [0.717, 1.165) is 0 Å². The van der Waals surface area contributed by atoms with E-state index in [-0.39, 0.29) is 12.3 Å². The van der Waals surface area contributed by atoms with Crippen LogP contribution in [-0.4, -0.2) is 28.0 Å². The summed E-state index contributed by atoms with van der Waals surface area (Å²) in [5.74, 6) is -1.25. The van der Waals surface area contributed by atoms with Gasteiger partial charge >= 0.3 is 5.97 Å². The van der Waals surface area contributed by atoms with Crippen LogP contribution in [0.2, 0.25) is 0 Å². The molecule has 1 unspecified atom stereocenters. The Balaban J connectivity index is 2.62. The zero-order valence-corrected chi connectivity index (χ0v) is 10.2. The third-order valence-electron chi connectivity index (χ3n) is 1.85. The summed E-state index contributed by atoms with van der Waals surface area (Å²) in [6.07, 6.45) is 1.40. The van der Waals surface area contributed by atoms with E-state index in [1.807, 2.05) is 0 Å². The van der Waals surface area contributed by atoms with Crippen molar-refractivity contribution in [3.8, 4) is 0 Å². The van der Waals surface area contributed by atoms with Crippen molar-refractivity contribution in [3.05, 3.63) is 28.5 Å². The first kappa shape index (κ1) is 12.6. The summed E-state index contributed by atoms with van der Waals surface area (Å²) < 4.78 is 0.561. The smallest absolute Gasteiger partial charge is 0.305 e. The Morgan fingerprint density at radius 2 is 2.31 bits per heavy atom. The predicted molar refractivity (Wildman–Crippen MR) is 61.1 cm³/mol. The quantitative estimate of drug-likeness (QED) is 0.821. The van der Waals surface area contributed by atoms with Crippen molar-refractivity contribution in [2.24, 2.45) is 0 Å². The molecule has 6 heteroatoms. The number of nitrogens with one attached hydrogen (secondary N) is 1.